The predicted octanol–water partition coefficient (Wildman–Crippen LogP) is 2.86. The molecule has 5 atom stereocenters. The van der Waals surface area contributed by atoms with E-state index in [4.69, 9.17) is 9.47 Å². The molecule has 0 bridgehead atoms. The van der Waals surface area contributed by atoms with Gasteiger partial charge in [0.05, 0.1) is 6.61 Å². The highest BCUT2D eigenvalue weighted by Gasteiger charge is 2.45. The van der Waals surface area contributed by atoms with Crippen LogP contribution in [0.15, 0.2) is 58.7 Å². The van der Waals surface area contributed by atoms with Crippen molar-refractivity contribution in [1.82, 2.24) is 0 Å². The number of carbonyl (C=O) groups excluding carboxylic acids is 1. The molecule has 7 nitrogen and oxygen atoms in total. The molecule has 7 heteroatoms. The second kappa shape index (κ2) is 11.9. The van der Waals surface area contributed by atoms with Crippen LogP contribution < -0.4 is 0 Å². The van der Waals surface area contributed by atoms with Crippen LogP contribution in [0.25, 0.3) is 0 Å². The summed E-state index contributed by atoms with van der Waals surface area (Å²) < 4.78 is 10.2. The van der Waals surface area contributed by atoms with Gasteiger partial charge in [-0.25, -0.2) is 4.79 Å². The summed E-state index contributed by atoms with van der Waals surface area (Å²) in [6.07, 6.45) is 7.29. The quantitative estimate of drug-likeness (QED) is 0.261. The Hall–Kier alpha value is -2.03. The van der Waals surface area contributed by atoms with Crippen LogP contribution in [-0.4, -0.2) is 63.7 Å². The monoisotopic (exact) mass is 462 g/mol. The number of hydrogen-bond donors (Lipinski definition) is 4. The van der Waals surface area contributed by atoms with Gasteiger partial charge in [-0.2, -0.15) is 0 Å². The van der Waals surface area contributed by atoms with E-state index in [1.54, 1.807) is 13.0 Å². The smallest absolute Gasteiger partial charge is 0.333 e. The van der Waals surface area contributed by atoms with Crippen molar-refractivity contribution in [2.24, 2.45) is 5.41 Å². The molecule has 1 aliphatic heterocycles. The van der Waals surface area contributed by atoms with E-state index in [0.29, 0.717) is 5.57 Å². The number of rotatable bonds is 7. The van der Waals surface area contributed by atoms with Gasteiger partial charge in [0.25, 0.3) is 0 Å². The summed E-state index contributed by atoms with van der Waals surface area (Å²) in [6.45, 7) is 9.92. The molecular weight excluding hydrogens is 424 g/mol. The Bertz CT molecular complexity index is 845. The van der Waals surface area contributed by atoms with E-state index >= 15 is 0 Å². The van der Waals surface area contributed by atoms with Crippen LogP contribution >= 0.6 is 0 Å². The first-order chi connectivity index (χ1) is 15.5. The van der Waals surface area contributed by atoms with Crippen molar-refractivity contribution in [2.45, 2.75) is 84.6 Å². The molecule has 1 saturated heterocycles. The molecule has 0 saturated carbocycles. The normalized spacial score (nSPS) is 31.5. The Labute approximate surface area is 196 Å². The van der Waals surface area contributed by atoms with Gasteiger partial charge < -0.3 is 29.9 Å². The van der Waals surface area contributed by atoms with Gasteiger partial charge in [0.1, 0.15) is 24.4 Å². The molecule has 0 spiro atoms. The molecule has 1 heterocycles. The number of hydrogen-bond acceptors (Lipinski definition) is 7. The SMILES string of the molecule is CC1=C(/C=C/C(C)=C/C=C/C(C)=C\C(=O)O[C@@H]2O[C@H](CO)[C@@H](O)[C@H](O)[C@H]2O)C(C)(C)CCC1. The number of aliphatic hydroxyl groups excluding tert-OH is 4. The highest BCUT2D eigenvalue weighted by molar-refractivity contribution is 5.83. The molecule has 1 fully saturated rings. The molecular formula is C26H38O7. The minimum atomic E-state index is -1.62. The summed E-state index contributed by atoms with van der Waals surface area (Å²) in [4.78, 5) is 12.2. The Morgan fingerprint density at radius 2 is 1.82 bits per heavy atom. The number of allylic oxidation sites excluding steroid dienone is 9. The summed E-state index contributed by atoms with van der Waals surface area (Å²) >= 11 is 0. The van der Waals surface area contributed by atoms with Gasteiger partial charge in [-0.1, -0.05) is 55.4 Å². The van der Waals surface area contributed by atoms with Crippen molar-refractivity contribution in [1.29, 1.82) is 0 Å². The van der Waals surface area contributed by atoms with Gasteiger partial charge in [0.2, 0.25) is 6.29 Å². The van der Waals surface area contributed by atoms with Gasteiger partial charge in [0.15, 0.2) is 0 Å². The van der Waals surface area contributed by atoms with E-state index in [9.17, 15) is 25.2 Å². The third-order valence-corrected chi connectivity index (χ3v) is 6.20. The second-order valence-electron chi connectivity index (χ2n) is 9.56. The van der Waals surface area contributed by atoms with Crippen LogP contribution in [-0.2, 0) is 14.3 Å². The summed E-state index contributed by atoms with van der Waals surface area (Å²) in [5, 5.41) is 38.7. The second-order valence-corrected chi connectivity index (χ2v) is 9.56. The lowest BCUT2D eigenvalue weighted by Gasteiger charge is -2.38. The van der Waals surface area contributed by atoms with Crippen LogP contribution in [0, 0.1) is 5.41 Å². The molecule has 0 aromatic carbocycles. The van der Waals surface area contributed by atoms with Crippen molar-refractivity contribution in [3.8, 4) is 0 Å². The van der Waals surface area contributed by atoms with Crippen molar-refractivity contribution in [2.75, 3.05) is 6.61 Å². The van der Waals surface area contributed by atoms with Gasteiger partial charge in [-0.05, 0) is 56.6 Å². The molecule has 4 N–H and O–H groups in total. The number of aliphatic hydroxyl groups is 4. The number of ether oxygens (including phenoxy) is 2. The minimum absolute atomic E-state index is 0.190. The van der Waals surface area contributed by atoms with Crippen LogP contribution in [0.4, 0.5) is 0 Å². The van der Waals surface area contributed by atoms with Gasteiger partial charge in [-0.3, -0.25) is 0 Å². The third-order valence-electron chi connectivity index (χ3n) is 6.20. The molecule has 0 aromatic heterocycles. The highest BCUT2D eigenvalue weighted by Crippen LogP contribution is 2.40. The van der Waals surface area contributed by atoms with E-state index in [2.05, 4.69) is 32.9 Å². The van der Waals surface area contributed by atoms with E-state index in [1.165, 1.54) is 30.1 Å². The summed E-state index contributed by atoms with van der Waals surface area (Å²) in [7, 11) is 0. The first-order valence-corrected chi connectivity index (χ1v) is 11.4. The van der Waals surface area contributed by atoms with Crippen molar-refractivity contribution < 1.29 is 34.7 Å². The maximum absolute atomic E-state index is 12.2. The average Bonchev–Trinajstić information content (AvgIpc) is 2.73. The van der Waals surface area contributed by atoms with Gasteiger partial charge in [0, 0.05) is 6.08 Å². The highest BCUT2D eigenvalue weighted by atomic mass is 16.7. The van der Waals surface area contributed by atoms with Crippen LogP contribution in [0.5, 0.6) is 0 Å². The maximum Gasteiger partial charge on any atom is 0.333 e. The van der Waals surface area contributed by atoms with E-state index in [0.717, 1.165) is 12.0 Å². The average molecular weight is 463 g/mol. The summed E-state index contributed by atoms with van der Waals surface area (Å²) in [5.41, 5.74) is 4.73. The van der Waals surface area contributed by atoms with Crippen molar-refractivity contribution >= 4 is 5.97 Å². The van der Waals surface area contributed by atoms with Gasteiger partial charge >= 0.3 is 5.97 Å². The fourth-order valence-corrected chi connectivity index (χ4v) is 4.18. The zero-order valence-corrected chi connectivity index (χ0v) is 20.2. The summed E-state index contributed by atoms with van der Waals surface area (Å²) in [6, 6.07) is 0. The van der Waals surface area contributed by atoms with Crippen LogP contribution in [0.3, 0.4) is 0 Å². The first-order valence-electron chi connectivity index (χ1n) is 11.4. The Morgan fingerprint density at radius 1 is 1.12 bits per heavy atom. The molecule has 184 valence electrons. The molecule has 0 aromatic rings. The Morgan fingerprint density at radius 3 is 2.45 bits per heavy atom. The number of carbonyl (C=O) groups is 1. The molecule has 1 aliphatic carbocycles. The fraction of sp³-hybridized carbons (Fsp3) is 0.577. The molecule has 0 unspecified atom stereocenters. The van der Waals surface area contributed by atoms with Crippen molar-refractivity contribution in [3.05, 3.63) is 58.7 Å². The van der Waals surface area contributed by atoms with Crippen LogP contribution in [0.2, 0.25) is 0 Å². The lowest BCUT2D eigenvalue weighted by atomic mass is 9.72. The Kier molecular flexibility index (Phi) is 9.82. The van der Waals surface area contributed by atoms with E-state index < -0.39 is 43.3 Å². The largest absolute Gasteiger partial charge is 0.430 e. The molecule has 2 rings (SSSR count). The molecule has 0 radical (unpaired) electrons. The molecule has 0 amide bonds. The van der Waals surface area contributed by atoms with Crippen molar-refractivity contribution in [3.63, 3.8) is 0 Å². The lowest BCUT2D eigenvalue weighted by molar-refractivity contribution is -0.291. The lowest BCUT2D eigenvalue weighted by Crippen LogP contribution is -2.59. The maximum atomic E-state index is 12.2. The standard InChI is InChI=1S/C26H38O7/c1-16(11-12-19-18(3)10-7-13-26(19,4)5)8-6-9-17(2)14-21(28)33-25-24(31)23(30)22(29)20(15-27)32-25/h6,8-9,11-12,14,20,22-25,27,29-31H,7,10,13,15H2,1-5H3/b9-6+,12-11+,16-8+,17-14-/t20-,22-,23+,24-,25+/m1/s1. The molecule has 33 heavy (non-hydrogen) atoms. The van der Waals surface area contributed by atoms with Gasteiger partial charge in [-0.15, -0.1) is 0 Å². The summed E-state index contributed by atoms with van der Waals surface area (Å²) in [5.74, 6) is -0.774. The minimum Gasteiger partial charge on any atom is -0.430 e. The topological polar surface area (TPSA) is 116 Å². The zero-order chi connectivity index (χ0) is 24.8. The zero-order valence-electron chi connectivity index (χ0n) is 20.2. The number of esters is 1. The first kappa shape index (κ1) is 27.2. The molecule has 2 aliphatic rings. The Balaban J connectivity index is 1.96. The van der Waals surface area contributed by atoms with Crippen LogP contribution in [0.1, 0.15) is 53.9 Å². The fourth-order valence-electron chi connectivity index (χ4n) is 4.18. The van der Waals surface area contributed by atoms with E-state index in [1.807, 2.05) is 19.1 Å². The predicted molar refractivity (Wildman–Crippen MR) is 126 cm³/mol. The third kappa shape index (κ3) is 7.48. The van der Waals surface area contributed by atoms with E-state index in [-0.39, 0.29) is 5.41 Å².